The molecule has 0 saturated carbocycles. The summed E-state index contributed by atoms with van der Waals surface area (Å²) in [4.78, 5) is 29.6. The third-order valence-corrected chi connectivity index (χ3v) is 11.3. The van der Waals surface area contributed by atoms with Gasteiger partial charge in [0.05, 0.1) is 34.7 Å². The number of fused-ring (bicyclic) bond motifs is 3. The van der Waals surface area contributed by atoms with Gasteiger partial charge in [0, 0.05) is 44.2 Å². The molecule has 3 heterocycles. The van der Waals surface area contributed by atoms with Gasteiger partial charge in [-0.25, -0.2) is 29.8 Å². The highest BCUT2D eigenvalue weighted by Crippen LogP contribution is 2.40. The molecule has 11 aromatic rings. The minimum absolute atomic E-state index is 0.527. The second-order valence-corrected chi connectivity index (χ2v) is 15.2. The Morgan fingerprint density at radius 2 is 0.825 bits per heavy atom. The normalized spacial score (nSPS) is 11.2. The van der Waals surface area contributed by atoms with Crippen LogP contribution in [0.25, 0.3) is 112 Å². The lowest BCUT2D eigenvalue weighted by molar-refractivity contribution is 1.06. The molecular weight excluding hydrogens is 771 g/mol. The van der Waals surface area contributed by atoms with Crippen LogP contribution in [0.5, 0.6) is 0 Å². The predicted molar refractivity (Wildman–Crippen MR) is 254 cm³/mol. The molecule has 0 atom stereocenters. The zero-order chi connectivity index (χ0) is 42.1. The molecule has 0 aliphatic heterocycles. The van der Waals surface area contributed by atoms with Gasteiger partial charge in [0.25, 0.3) is 0 Å². The molecule has 11 rings (SSSR count). The third-order valence-electron chi connectivity index (χ3n) is 11.3. The van der Waals surface area contributed by atoms with Gasteiger partial charge >= 0.3 is 0 Å². The van der Waals surface area contributed by atoms with Gasteiger partial charge in [0.15, 0.2) is 29.0 Å². The Labute approximate surface area is 364 Å². The van der Waals surface area contributed by atoms with E-state index < -0.39 is 0 Å². The van der Waals surface area contributed by atoms with Crippen LogP contribution >= 0.6 is 0 Å². The molecule has 0 amide bonds. The fraction of sp³-hybridized carbons (Fsp3) is 0. The topological polar surface area (TPSA) is 73.7 Å². The fourth-order valence-electron chi connectivity index (χ4n) is 8.23. The van der Waals surface area contributed by atoms with E-state index in [0.717, 1.165) is 83.4 Å². The average molecular weight is 806 g/mol. The van der Waals surface area contributed by atoms with Gasteiger partial charge in [-0.15, -0.1) is 0 Å². The van der Waals surface area contributed by atoms with E-state index >= 15 is 0 Å². The second kappa shape index (κ2) is 16.0. The van der Waals surface area contributed by atoms with Gasteiger partial charge < -0.3 is 4.57 Å². The van der Waals surface area contributed by atoms with E-state index in [0.29, 0.717) is 29.0 Å². The van der Waals surface area contributed by atoms with Gasteiger partial charge in [0.1, 0.15) is 0 Å². The first-order valence-electron chi connectivity index (χ1n) is 20.7. The fourth-order valence-corrected chi connectivity index (χ4v) is 8.23. The molecule has 0 N–H and O–H groups in total. The van der Waals surface area contributed by atoms with Crippen molar-refractivity contribution >= 4 is 27.5 Å². The number of rotatable bonds is 8. The van der Waals surface area contributed by atoms with Crippen molar-refractivity contribution in [2.45, 2.75) is 0 Å². The molecule has 0 aliphatic carbocycles. The van der Waals surface area contributed by atoms with Gasteiger partial charge in [0.2, 0.25) is 0 Å². The summed E-state index contributed by atoms with van der Waals surface area (Å²) in [6.45, 7) is 7.63. The summed E-state index contributed by atoms with van der Waals surface area (Å²) >= 11 is 0. The monoisotopic (exact) mass is 805 g/mol. The molecule has 0 radical (unpaired) electrons. The van der Waals surface area contributed by atoms with Crippen LogP contribution < -0.4 is 0 Å². The first-order chi connectivity index (χ1) is 31.2. The molecule has 7 nitrogen and oxygen atoms in total. The van der Waals surface area contributed by atoms with Gasteiger partial charge in [-0.2, -0.15) is 0 Å². The third kappa shape index (κ3) is 7.08. The Bertz CT molecular complexity index is 3390. The van der Waals surface area contributed by atoms with Crippen molar-refractivity contribution in [2.24, 2.45) is 0 Å². The van der Waals surface area contributed by atoms with Crippen LogP contribution in [-0.4, -0.2) is 29.5 Å². The molecule has 294 valence electrons. The highest BCUT2D eigenvalue weighted by atomic mass is 15.1. The maximum atomic E-state index is 7.63. The van der Waals surface area contributed by atoms with E-state index in [1.54, 1.807) is 0 Å². The summed E-state index contributed by atoms with van der Waals surface area (Å²) < 4.78 is 2.31. The average Bonchev–Trinajstić information content (AvgIpc) is 3.70. The zero-order valence-corrected chi connectivity index (χ0v) is 33.8. The van der Waals surface area contributed by atoms with E-state index in [9.17, 15) is 0 Å². The van der Waals surface area contributed by atoms with Crippen LogP contribution in [0.4, 0.5) is 5.69 Å². The van der Waals surface area contributed by atoms with Gasteiger partial charge in [-0.3, -0.25) is 0 Å². The highest BCUT2D eigenvalue weighted by Gasteiger charge is 2.22. The number of para-hydroxylation sites is 1. The molecule has 0 aliphatic rings. The summed E-state index contributed by atoms with van der Waals surface area (Å²) in [5.74, 6) is 2.31. The molecule has 3 aromatic heterocycles. The minimum atomic E-state index is 0.527. The number of nitrogens with zero attached hydrogens (tertiary/aromatic N) is 7. The molecule has 0 saturated heterocycles. The first-order valence-corrected chi connectivity index (χ1v) is 20.7. The Morgan fingerprint density at radius 1 is 0.333 bits per heavy atom. The Hall–Kier alpha value is -8.86. The molecular formula is C56H35N7. The van der Waals surface area contributed by atoms with Crippen molar-refractivity contribution in [3.63, 3.8) is 0 Å². The largest absolute Gasteiger partial charge is 0.309 e. The van der Waals surface area contributed by atoms with Crippen LogP contribution in [0, 0.1) is 6.57 Å². The molecule has 0 unspecified atom stereocenters. The summed E-state index contributed by atoms with van der Waals surface area (Å²) in [5, 5.41) is 2.19. The molecule has 0 spiro atoms. The smallest absolute Gasteiger partial charge is 0.187 e. The predicted octanol–water partition coefficient (Wildman–Crippen LogP) is 14.0. The Morgan fingerprint density at radius 3 is 1.46 bits per heavy atom. The molecule has 0 fully saturated rings. The Kier molecular flexibility index (Phi) is 9.41. The molecule has 7 heteroatoms. The first kappa shape index (κ1) is 37.2. The minimum Gasteiger partial charge on any atom is -0.309 e. The zero-order valence-electron chi connectivity index (χ0n) is 33.8. The second-order valence-electron chi connectivity index (χ2n) is 15.2. The Balaban J connectivity index is 1.19. The van der Waals surface area contributed by atoms with E-state index in [1.807, 2.05) is 127 Å². The van der Waals surface area contributed by atoms with E-state index in [1.165, 1.54) is 0 Å². The summed E-state index contributed by atoms with van der Waals surface area (Å²) in [6, 6.07) is 71.7. The number of hydrogen-bond donors (Lipinski definition) is 0. The lowest BCUT2D eigenvalue weighted by Crippen LogP contribution is -2.04. The van der Waals surface area contributed by atoms with Crippen LogP contribution in [0.1, 0.15) is 0 Å². The number of aromatic nitrogens is 6. The maximum Gasteiger partial charge on any atom is 0.187 e. The van der Waals surface area contributed by atoms with E-state index in [2.05, 4.69) is 94.3 Å². The van der Waals surface area contributed by atoms with Crippen LogP contribution in [-0.2, 0) is 0 Å². The van der Waals surface area contributed by atoms with E-state index in [-0.39, 0.29) is 0 Å². The molecule has 63 heavy (non-hydrogen) atoms. The molecule has 8 aromatic carbocycles. The van der Waals surface area contributed by atoms with Crippen molar-refractivity contribution in [1.82, 2.24) is 29.5 Å². The standard InChI is InChI=1S/C56H35N7/c1-57-44-26-16-25-41(33-44)42-29-31-51-46(34-42)45-27-14-15-28-50(45)63(51)52-32-30-43(49-36-48(37-17-6-2-7-18-37)58-53(59-49)38-19-8-3-9-20-38)35-47(52)56-61-54(39-21-10-4-11-22-39)60-55(62-56)40-23-12-5-13-24-40/h2-36H. The quantitative estimate of drug-likeness (QED) is 0.143. The number of benzene rings is 8. The van der Waals surface area contributed by atoms with Gasteiger partial charge in [-0.05, 0) is 53.6 Å². The molecule has 0 bridgehead atoms. The van der Waals surface area contributed by atoms with Crippen LogP contribution in [0.15, 0.2) is 212 Å². The lowest BCUT2D eigenvalue weighted by atomic mass is 10.0. The van der Waals surface area contributed by atoms with Crippen molar-refractivity contribution in [2.75, 3.05) is 0 Å². The summed E-state index contributed by atoms with van der Waals surface area (Å²) in [7, 11) is 0. The number of hydrogen-bond acceptors (Lipinski definition) is 5. The van der Waals surface area contributed by atoms with Crippen molar-refractivity contribution in [3.8, 4) is 84.9 Å². The maximum absolute atomic E-state index is 7.63. The SMILES string of the molecule is [C-]#[N+]c1cccc(-c2ccc3c(c2)c2ccccc2n3-c2ccc(-c3cc(-c4ccccc4)nc(-c4ccccc4)n3)cc2-c2nc(-c3ccccc3)nc(-c3ccccc3)n2)c1. The lowest BCUT2D eigenvalue weighted by Gasteiger charge is -2.17. The van der Waals surface area contributed by atoms with Crippen LogP contribution in [0.2, 0.25) is 0 Å². The highest BCUT2D eigenvalue weighted by molar-refractivity contribution is 6.11. The van der Waals surface area contributed by atoms with Gasteiger partial charge in [-0.1, -0.05) is 170 Å². The van der Waals surface area contributed by atoms with Crippen LogP contribution in [0.3, 0.4) is 0 Å². The van der Waals surface area contributed by atoms with Crippen molar-refractivity contribution in [1.29, 1.82) is 0 Å². The summed E-state index contributed by atoms with van der Waals surface area (Å²) in [5.41, 5.74) is 12.6. The summed E-state index contributed by atoms with van der Waals surface area (Å²) in [6.07, 6.45) is 0. The van der Waals surface area contributed by atoms with Crippen molar-refractivity contribution in [3.05, 3.63) is 224 Å². The van der Waals surface area contributed by atoms with Crippen molar-refractivity contribution < 1.29 is 0 Å². The van der Waals surface area contributed by atoms with E-state index in [4.69, 9.17) is 31.5 Å².